The molecule has 0 N–H and O–H groups in total. The second kappa shape index (κ2) is 9.23. The second-order valence-electron chi connectivity index (χ2n) is 8.58. The molecule has 0 heterocycles. The third kappa shape index (κ3) is 8.09. The summed E-state index contributed by atoms with van der Waals surface area (Å²) in [5.74, 6) is 1.25. The Bertz CT molecular complexity index is 657. The molecule has 26 heavy (non-hydrogen) atoms. The third-order valence-electron chi connectivity index (χ3n) is 4.38. The van der Waals surface area contributed by atoms with Crippen molar-refractivity contribution in [2.45, 2.75) is 65.4 Å². The van der Waals surface area contributed by atoms with Gasteiger partial charge in [0.05, 0.1) is 24.2 Å². The van der Waals surface area contributed by atoms with Gasteiger partial charge < -0.3 is 9.47 Å². The molecule has 5 heteroatoms. The Morgan fingerprint density at radius 1 is 1.23 bits per heavy atom. The molecular weight excluding hydrogens is 348 g/mol. The standard InChI is InChI=1S/C21H34O4S/c1-5-17(18-8-6-9-20(14-18)25-19-10-11-19)15-26(22,23)13-7-12-24-16-21(2,3)4/h6,8-9,14,17,19H,5,7,10-13,15-16H2,1-4H3/t17-/m0/s1. The summed E-state index contributed by atoms with van der Waals surface area (Å²) in [5.41, 5.74) is 1.16. The fourth-order valence-electron chi connectivity index (χ4n) is 2.82. The zero-order chi connectivity index (χ0) is 19.2. The van der Waals surface area contributed by atoms with Gasteiger partial charge in [0.1, 0.15) is 5.75 Å². The van der Waals surface area contributed by atoms with E-state index in [-0.39, 0.29) is 22.8 Å². The highest BCUT2D eigenvalue weighted by molar-refractivity contribution is 7.91. The number of benzene rings is 1. The SMILES string of the molecule is CC[C@@H](CS(=O)(=O)CCCOCC(C)(C)C)c1cccc(OC2CC2)c1. The minimum Gasteiger partial charge on any atom is -0.490 e. The van der Waals surface area contributed by atoms with Gasteiger partial charge in [-0.3, -0.25) is 0 Å². The molecule has 4 nitrogen and oxygen atoms in total. The molecule has 148 valence electrons. The quantitative estimate of drug-likeness (QED) is 0.525. The number of sulfone groups is 1. The molecule has 0 spiro atoms. The van der Waals surface area contributed by atoms with Crippen LogP contribution in [0.15, 0.2) is 24.3 Å². The average Bonchev–Trinajstić information content (AvgIpc) is 3.35. The summed E-state index contributed by atoms with van der Waals surface area (Å²) >= 11 is 0. The molecule has 1 fully saturated rings. The summed E-state index contributed by atoms with van der Waals surface area (Å²) in [6, 6.07) is 7.93. The summed E-state index contributed by atoms with van der Waals surface area (Å²) in [4.78, 5) is 0. The Morgan fingerprint density at radius 3 is 2.58 bits per heavy atom. The lowest BCUT2D eigenvalue weighted by Gasteiger charge is -2.18. The van der Waals surface area contributed by atoms with Crippen LogP contribution in [0.4, 0.5) is 0 Å². The van der Waals surface area contributed by atoms with Gasteiger partial charge in [0.15, 0.2) is 9.84 Å². The Hall–Kier alpha value is -1.07. The van der Waals surface area contributed by atoms with Crippen molar-refractivity contribution in [3.05, 3.63) is 29.8 Å². The lowest BCUT2D eigenvalue weighted by atomic mass is 9.98. The van der Waals surface area contributed by atoms with Crippen molar-refractivity contribution < 1.29 is 17.9 Å². The molecular formula is C21H34O4S. The van der Waals surface area contributed by atoms with Crippen LogP contribution in [0.3, 0.4) is 0 Å². The molecule has 0 bridgehead atoms. The highest BCUT2D eigenvalue weighted by Crippen LogP contribution is 2.30. The van der Waals surface area contributed by atoms with Gasteiger partial charge in [0.25, 0.3) is 0 Å². The Balaban J connectivity index is 1.85. The first-order valence-corrected chi connectivity index (χ1v) is 11.6. The van der Waals surface area contributed by atoms with Crippen LogP contribution in [0.5, 0.6) is 5.75 Å². The summed E-state index contributed by atoms with van der Waals surface area (Å²) < 4.78 is 36.5. The Kier molecular flexibility index (Phi) is 7.53. The van der Waals surface area contributed by atoms with Crippen molar-refractivity contribution in [3.8, 4) is 5.75 Å². The van der Waals surface area contributed by atoms with Crippen LogP contribution in [0.1, 0.15) is 64.9 Å². The maximum Gasteiger partial charge on any atom is 0.151 e. The number of hydrogen-bond donors (Lipinski definition) is 0. The summed E-state index contributed by atoms with van der Waals surface area (Å²) in [6.45, 7) is 9.52. The van der Waals surface area contributed by atoms with E-state index >= 15 is 0 Å². The molecule has 0 aromatic heterocycles. The molecule has 0 radical (unpaired) electrons. The molecule has 0 unspecified atom stereocenters. The molecule has 1 aliphatic carbocycles. The first-order chi connectivity index (χ1) is 12.2. The fourth-order valence-corrected chi connectivity index (χ4v) is 4.58. The molecule has 1 aromatic rings. The summed E-state index contributed by atoms with van der Waals surface area (Å²) in [7, 11) is -3.10. The predicted molar refractivity (Wildman–Crippen MR) is 107 cm³/mol. The maximum absolute atomic E-state index is 12.5. The van der Waals surface area contributed by atoms with Gasteiger partial charge in [-0.05, 0) is 54.7 Å². The lowest BCUT2D eigenvalue weighted by molar-refractivity contribution is 0.0720. The Morgan fingerprint density at radius 2 is 1.96 bits per heavy atom. The minimum atomic E-state index is -3.10. The molecule has 0 amide bonds. The van der Waals surface area contributed by atoms with E-state index in [1.807, 2.05) is 31.2 Å². The Labute approximate surface area is 159 Å². The van der Waals surface area contributed by atoms with Gasteiger partial charge in [-0.2, -0.15) is 0 Å². The van der Waals surface area contributed by atoms with Crippen LogP contribution in [0.25, 0.3) is 0 Å². The monoisotopic (exact) mass is 382 g/mol. The fraction of sp³-hybridized carbons (Fsp3) is 0.714. The summed E-state index contributed by atoms with van der Waals surface area (Å²) in [6.07, 6.45) is 3.94. The normalized spacial score (nSPS) is 16.5. The van der Waals surface area contributed by atoms with E-state index in [1.54, 1.807) is 0 Å². The van der Waals surface area contributed by atoms with Crippen LogP contribution < -0.4 is 4.74 Å². The molecule has 1 aliphatic rings. The zero-order valence-electron chi connectivity index (χ0n) is 16.7. The van der Waals surface area contributed by atoms with Crippen molar-refractivity contribution >= 4 is 9.84 Å². The molecule has 1 aromatic carbocycles. The first kappa shape index (κ1) is 21.2. The highest BCUT2D eigenvalue weighted by atomic mass is 32.2. The van der Waals surface area contributed by atoms with E-state index in [1.165, 1.54) is 0 Å². The van der Waals surface area contributed by atoms with Crippen LogP contribution >= 0.6 is 0 Å². The lowest BCUT2D eigenvalue weighted by Crippen LogP contribution is -2.20. The topological polar surface area (TPSA) is 52.6 Å². The van der Waals surface area contributed by atoms with Gasteiger partial charge in [0, 0.05) is 6.61 Å². The second-order valence-corrected chi connectivity index (χ2v) is 10.8. The van der Waals surface area contributed by atoms with Crippen molar-refractivity contribution in [1.82, 2.24) is 0 Å². The van der Waals surface area contributed by atoms with Crippen molar-refractivity contribution in [1.29, 1.82) is 0 Å². The smallest absolute Gasteiger partial charge is 0.151 e. The van der Waals surface area contributed by atoms with Crippen LogP contribution in [-0.2, 0) is 14.6 Å². The van der Waals surface area contributed by atoms with E-state index in [9.17, 15) is 8.42 Å². The average molecular weight is 383 g/mol. The van der Waals surface area contributed by atoms with Gasteiger partial charge in [-0.15, -0.1) is 0 Å². The molecule has 2 rings (SSSR count). The minimum absolute atomic E-state index is 0.0123. The predicted octanol–water partition coefficient (Wildman–Crippen LogP) is 4.59. The van der Waals surface area contributed by atoms with E-state index in [0.717, 1.165) is 30.6 Å². The van der Waals surface area contributed by atoms with E-state index < -0.39 is 9.84 Å². The van der Waals surface area contributed by atoms with Gasteiger partial charge in [-0.25, -0.2) is 8.42 Å². The van der Waals surface area contributed by atoms with Crippen LogP contribution in [0.2, 0.25) is 0 Å². The molecule has 0 saturated heterocycles. The van der Waals surface area contributed by atoms with E-state index in [0.29, 0.717) is 25.7 Å². The number of hydrogen-bond acceptors (Lipinski definition) is 4. The van der Waals surface area contributed by atoms with Crippen LogP contribution in [-0.4, -0.2) is 39.2 Å². The third-order valence-corrected chi connectivity index (χ3v) is 6.20. The van der Waals surface area contributed by atoms with Crippen LogP contribution in [0, 0.1) is 5.41 Å². The van der Waals surface area contributed by atoms with E-state index in [4.69, 9.17) is 9.47 Å². The highest BCUT2D eigenvalue weighted by Gasteiger charge is 2.24. The van der Waals surface area contributed by atoms with Crippen molar-refractivity contribution in [2.24, 2.45) is 5.41 Å². The molecule has 0 aliphatic heterocycles. The number of rotatable bonds is 11. The molecule has 1 saturated carbocycles. The van der Waals surface area contributed by atoms with Crippen molar-refractivity contribution in [3.63, 3.8) is 0 Å². The van der Waals surface area contributed by atoms with Crippen molar-refractivity contribution in [2.75, 3.05) is 24.7 Å². The summed E-state index contributed by atoms with van der Waals surface area (Å²) in [5, 5.41) is 0. The van der Waals surface area contributed by atoms with Gasteiger partial charge in [0.2, 0.25) is 0 Å². The van der Waals surface area contributed by atoms with Gasteiger partial charge in [-0.1, -0.05) is 39.8 Å². The first-order valence-electron chi connectivity index (χ1n) is 9.73. The van der Waals surface area contributed by atoms with Gasteiger partial charge >= 0.3 is 0 Å². The number of ether oxygens (including phenoxy) is 2. The zero-order valence-corrected chi connectivity index (χ0v) is 17.5. The molecule has 1 atom stereocenters. The maximum atomic E-state index is 12.5. The van der Waals surface area contributed by atoms with E-state index in [2.05, 4.69) is 20.8 Å². The largest absolute Gasteiger partial charge is 0.490 e.